The van der Waals surface area contributed by atoms with Gasteiger partial charge in [-0.15, -0.1) is 23.1 Å². The van der Waals surface area contributed by atoms with E-state index >= 15 is 0 Å². The molecular weight excluding hydrogens is 496 g/mol. The van der Waals surface area contributed by atoms with Crippen molar-refractivity contribution < 1.29 is 23.9 Å². The molecule has 1 aromatic carbocycles. The van der Waals surface area contributed by atoms with E-state index in [4.69, 9.17) is 9.47 Å². The standard InChI is InChI=1S/C27H36N2O5S2/c1-5-33-26(32)20(14-13-19-10-7-6-8-11-19)28-21-18-36-23(22-12-9-15-35-22)16-29(25(21)31)17-24(30)34-27(2,3)4/h6-12,15,20-21,23,28H,5,13-14,16-18H2,1-4H3/t20-,21?,23?/m0/s1. The average Bonchev–Trinajstić information content (AvgIpc) is 3.31. The van der Waals surface area contributed by atoms with Crippen molar-refractivity contribution >= 4 is 40.9 Å². The lowest BCUT2D eigenvalue weighted by molar-refractivity contribution is -0.159. The molecule has 36 heavy (non-hydrogen) atoms. The van der Waals surface area contributed by atoms with Gasteiger partial charge in [0, 0.05) is 17.2 Å². The first kappa shape index (κ1) is 28.2. The fourth-order valence-electron chi connectivity index (χ4n) is 4.00. The van der Waals surface area contributed by atoms with Crippen LogP contribution in [0.2, 0.25) is 0 Å². The number of hydrogen-bond donors (Lipinski definition) is 1. The Bertz CT molecular complexity index is 991. The van der Waals surface area contributed by atoms with Gasteiger partial charge in [0.15, 0.2) is 0 Å². The Kier molecular flexibility index (Phi) is 10.4. The number of ether oxygens (including phenoxy) is 2. The summed E-state index contributed by atoms with van der Waals surface area (Å²) < 4.78 is 10.8. The first-order valence-corrected chi connectivity index (χ1v) is 14.2. The molecule has 196 valence electrons. The minimum absolute atomic E-state index is 0.0357. The SMILES string of the molecule is CCOC(=O)[C@H](CCc1ccccc1)NC1CSC(c2cccs2)CN(CC(=O)OC(C)(C)C)C1=O. The van der Waals surface area contributed by atoms with Crippen LogP contribution in [-0.4, -0.2) is 65.9 Å². The van der Waals surface area contributed by atoms with E-state index in [0.29, 0.717) is 25.1 Å². The molecule has 1 aromatic heterocycles. The summed E-state index contributed by atoms with van der Waals surface area (Å²) >= 11 is 3.29. The van der Waals surface area contributed by atoms with Gasteiger partial charge in [0.1, 0.15) is 18.2 Å². The minimum Gasteiger partial charge on any atom is -0.465 e. The van der Waals surface area contributed by atoms with Crippen molar-refractivity contribution in [1.29, 1.82) is 0 Å². The molecule has 3 atom stereocenters. The molecule has 0 radical (unpaired) electrons. The number of hydrogen-bond acceptors (Lipinski definition) is 8. The third-order valence-corrected chi connectivity index (χ3v) is 8.06. The van der Waals surface area contributed by atoms with Crippen LogP contribution in [-0.2, 0) is 30.3 Å². The lowest BCUT2D eigenvalue weighted by atomic mass is 10.0. The highest BCUT2D eigenvalue weighted by atomic mass is 32.2. The number of carbonyl (C=O) groups excluding carboxylic acids is 3. The second-order valence-electron chi connectivity index (χ2n) is 9.69. The fraction of sp³-hybridized carbons (Fsp3) is 0.519. The van der Waals surface area contributed by atoms with Crippen LogP contribution in [0.1, 0.15) is 49.8 Å². The zero-order valence-electron chi connectivity index (χ0n) is 21.4. The van der Waals surface area contributed by atoms with Crippen LogP contribution in [0.15, 0.2) is 47.8 Å². The molecule has 2 heterocycles. The molecule has 9 heteroatoms. The van der Waals surface area contributed by atoms with Crippen LogP contribution in [0.5, 0.6) is 0 Å². The van der Waals surface area contributed by atoms with E-state index in [0.717, 1.165) is 10.4 Å². The summed E-state index contributed by atoms with van der Waals surface area (Å²) in [5.74, 6) is -0.546. The summed E-state index contributed by atoms with van der Waals surface area (Å²) in [6.45, 7) is 7.72. The van der Waals surface area contributed by atoms with E-state index < -0.39 is 23.7 Å². The largest absolute Gasteiger partial charge is 0.465 e. The van der Waals surface area contributed by atoms with E-state index in [2.05, 4.69) is 5.32 Å². The summed E-state index contributed by atoms with van der Waals surface area (Å²) in [6, 6.07) is 12.7. The normalized spacial score (nSPS) is 19.4. The van der Waals surface area contributed by atoms with Gasteiger partial charge in [-0.1, -0.05) is 36.4 Å². The molecule has 1 fully saturated rings. The molecule has 7 nitrogen and oxygen atoms in total. The van der Waals surface area contributed by atoms with E-state index in [1.54, 1.807) is 55.7 Å². The van der Waals surface area contributed by atoms with Crippen LogP contribution in [0.4, 0.5) is 0 Å². The number of rotatable bonds is 10. The van der Waals surface area contributed by atoms with Crippen molar-refractivity contribution in [2.75, 3.05) is 25.4 Å². The number of aryl methyl sites for hydroxylation is 1. The second kappa shape index (κ2) is 13.3. The van der Waals surface area contributed by atoms with E-state index in [-0.39, 0.29) is 30.3 Å². The van der Waals surface area contributed by atoms with Gasteiger partial charge in [0.25, 0.3) is 0 Å². The van der Waals surface area contributed by atoms with Crippen molar-refractivity contribution in [3.8, 4) is 0 Å². The summed E-state index contributed by atoms with van der Waals surface area (Å²) in [5.41, 5.74) is 0.470. The Balaban J connectivity index is 1.78. The number of esters is 2. The van der Waals surface area contributed by atoms with Gasteiger partial charge in [-0.2, -0.15) is 0 Å². The maximum absolute atomic E-state index is 13.6. The monoisotopic (exact) mass is 532 g/mol. The smallest absolute Gasteiger partial charge is 0.326 e. The lowest BCUT2D eigenvalue weighted by Gasteiger charge is -2.28. The summed E-state index contributed by atoms with van der Waals surface area (Å²) in [7, 11) is 0. The van der Waals surface area contributed by atoms with Gasteiger partial charge in [-0.25, -0.2) is 0 Å². The first-order valence-electron chi connectivity index (χ1n) is 12.3. The third kappa shape index (κ3) is 8.64. The third-order valence-electron chi connectivity index (χ3n) is 5.60. The predicted octanol–water partition coefficient (Wildman–Crippen LogP) is 4.23. The van der Waals surface area contributed by atoms with Crippen LogP contribution < -0.4 is 5.32 Å². The molecule has 0 aliphatic carbocycles. The minimum atomic E-state index is -0.641. The highest BCUT2D eigenvalue weighted by molar-refractivity contribution is 7.99. The molecule has 1 amide bonds. The van der Waals surface area contributed by atoms with Crippen molar-refractivity contribution in [3.63, 3.8) is 0 Å². The summed E-state index contributed by atoms with van der Waals surface area (Å²) in [6.07, 6.45) is 1.17. The van der Waals surface area contributed by atoms with Crippen molar-refractivity contribution in [1.82, 2.24) is 10.2 Å². The lowest BCUT2D eigenvalue weighted by Crippen LogP contribution is -2.54. The van der Waals surface area contributed by atoms with E-state index in [1.807, 2.05) is 47.8 Å². The zero-order chi connectivity index (χ0) is 26.1. The highest BCUT2D eigenvalue weighted by Crippen LogP contribution is 2.35. The Labute approximate surface area is 221 Å². The van der Waals surface area contributed by atoms with Gasteiger partial charge < -0.3 is 14.4 Å². The Morgan fingerprint density at radius 2 is 1.92 bits per heavy atom. The summed E-state index contributed by atoms with van der Waals surface area (Å²) in [4.78, 5) is 41.8. The Morgan fingerprint density at radius 3 is 2.56 bits per heavy atom. The molecule has 0 spiro atoms. The maximum atomic E-state index is 13.6. The second-order valence-corrected chi connectivity index (χ2v) is 11.9. The van der Waals surface area contributed by atoms with Crippen LogP contribution >= 0.6 is 23.1 Å². The quantitative estimate of drug-likeness (QED) is 0.459. The molecule has 1 N–H and O–H groups in total. The van der Waals surface area contributed by atoms with Crippen LogP contribution in [0.3, 0.4) is 0 Å². The average molecular weight is 533 g/mol. The van der Waals surface area contributed by atoms with E-state index in [9.17, 15) is 14.4 Å². The number of benzene rings is 1. The number of amides is 1. The van der Waals surface area contributed by atoms with Crippen LogP contribution in [0.25, 0.3) is 0 Å². The highest BCUT2D eigenvalue weighted by Gasteiger charge is 2.36. The summed E-state index contributed by atoms with van der Waals surface area (Å²) in [5, 5.41) is 5.33. The molecular formula is C27H36N2O5S2. The fourth-order valence-corrected chi connectivity index (χ4v) is 6.26. The number of thiophene rings is 1. The molecule has 2 aromatic rings. The Morgan fingerprint density at radius 1 is 1.17 bits per heavy atom. The number of thioether (sulfide) groups is 1. The molecule has 3 rings (SSSR count). The van der Waals surface area contributed by atoms with Gasteiger partial charge in [0.2, 0.25) is 5.91 Å². The van der Waals surface area contributed by atoms with Crippen molar-refractivity contribution in [2.45, 2.75) is 63.5 Å². The molecule has 1 aliphatic rings. The van der Waals surface area contributed by atoms with Crippen molar-refractivity contribution in [2.24, 2.45) is 0 Å². The van der Waals surface area contributed by atoms with Gasteiger partial charge in [-0.3, -0.25) is 19.7 Å². The van der Waals surface area contributed by atoms with Gasteiger partial charge in [0.05, 0.1) is 17.9 Å². The van der Waals surface area contributed by atoms with Gasteiger partial charge in [-0.05, 0) is 57.5 Å². The first-order chi connectivity index (χ1) is 17.2. The number of nitrogens with zero attached hydrogens (tertiary/aromatic N) is 1. The molecule has 0 saturated carbocycles. The number of nitrogens with one attached hydrogen (secondary N) is 1. The van der Waals surface area contributed by atoms with Gasteiger partial charge >= 0.3 is 11.9 Å². The van der Waals surface area contributed by atoms with Crippen LogP contribution in [0, 0.1) is 0 Å². The Hall–Kier alpha value is -2.36. The van der Waals surface area contributed by atoms with Crippen molar-refractivity contribution in [3.05, 3.63) is 58.3 Å². The predicted molar refractivity (Wildman–Crippen MR) is 144 cm³/mol. The maximum Gasteiger partial charge on any atom is 0.326 e. The number of carbonyl (C=O) groups is 3. The molecule has 1 saturated heterocycles. The molecule has 0 bridgehead atoms. The topological polar surface area (TPSA) is 84.9 Å². The van der Waals surface area contributed by atoms with E-state index in [1.165, 1.54) is 0 Å². The zero-order valence-corrected chi connectivity index (χ0v) is 23.0. The molecule has 1 aliphatic heterocycles. The molecule has 2 unspecified atom stereocenters.